The van der Waals surface area contributed by atoms with Crippen LogP contribution in [0.15, 0.2) is 154 Å². The maximum Gasteiger partial charge on any atom is 0.143 e. The Morgan fingerprint density at radius 1 is 0.565 bits per heavy atom. The predicted molar refractivity (Wildman–Crippen MR) is 187 cm³/mol. The number of benzene rings is 5. The van der Waals surface area contributed by atoms with E-state index < -0.39 is 5.60 Å². The molecule has 6 heteroatoms. The lowest BCUT2D eigenvalue weighted by atomic mass is 9.80. The van der Waals surface area contributed by atoms with Gasteiger partial charge in [-0.3, -0.25) is 4.90 Å². The maximum absolute atomic E-state index is 6.86. The van der Waals surface area contributed by atoms with E-state index in [1.165, 1.54) is 15.4 Å². The first-order valence-corrected chi connectivity index (χ1v) is 16.9. The van der Waals surface area contributed by atoms with Gasteiger partial charge in [-0.15, -0.1) is 0 Å². The number of amidine groups is 1. The highest BCUT2D eigenvalue weighted by Gasteiger charge is 2.37. The third-order valence-corrected chi connectivity index (χ3v) is 9.89. The van der Waals surface area contributed by atoms with Gasteiger partial charge in [-0.25, -0.2) is 4.99 Å². The van der Waals surface area contributed by atoms with E-state index in [0.29, 0.717) is 19.8 Å². The molecule has 7 rings (SSSR count). The lowest BCUT2D eigenvalue weighted by Gasteiger charge is -2.37. The van der Waals surface area contributed by atoms with Gasteiger partial charge < -0.3 is 14.4 Å². The van der Waals surface area contributed by atoms with Gasteiger partial charge in [0.15, 0.2) is 0 Å². The Morgan fingerprint density at radius 2 is 1.11 bits per heavy atom. The zero-order valence-corrected chi connectivity index (χ0v) is 26.8. The summed E-state index contributed by atoms with van der Waals surface area (Å²) < 4.78 is 13.0. The SMILES string of the molecule is c1ccc(C(OCCOCCN2CCN(C3=Nc4ccccc4Sc4ccccc43)CC2)(c2ccccc2)c2ccccc2)cc1. The van der Waals surface area contributed by atoms with Crippen LogP contribution in [0.2, 0.25) is 0 Å². The second kappa shape index (κ2) is 14.5. The fourth-order valence-corrected chi connectivity index (χ4v) is 7.43. The maximum atomic E-state index is 6.86. The van der Waals surface area contributed by atoms with Gasteiger partial charge in [-0.2, -0.15) is 0 Å². The molecule has 0 atom stereocenters. The minimum Gasteiger partial charge on any atom is -0.378 e. The van der Waals surface area contributed by atoms with Crippen molar-refractivity contribution < 1.29 is 9.47 Å². The summed E-state index contributed by atoms with van der Waals surface area (Å²) in [5.41, 5.74) is 4.86. The van der Waals surface area contributed by atoms with E-state index in [0.717, 1.165) is 60.9 Å². The molecule has 0 radical (unpaired) electrons. The Bertz CT molecular complexity index is 1640. The Labute approximate surface area is 276 Å². The summed E-state index contributed by atoms with van der Waals surface area (Å²) in [6, 6.07) is 48.6. The second-order valence-electron chi connectivity index (χ2n) is 11.6. The van der Waals surface area contributed by atoms with E-state index in [2.05, 4.69) is 131 Å². The second-order valence-corrected chi connectivity index (χ2v) is 12.7. The first-order chi connectivity index (χ1) is 22.8. The van der Waals surface area contributed by atoms with E-state index in [9.17, 15) is 0 Å². The van der Waals surface area contributed by atoms with Crippen molar-refractivity contribution >= 4 is 23.3 Å². The summed E-state index contributed by atoms with van der Waals surface area (Å²) in [5, 5.41) is 0. The van der Waals surface area contributed by atoms with Crippen LogP contribution in [0.3, 0.4) is 0 Å². The van der Waals surface area contributed by atoms with Gasteiger partial charge >= 0.3 is 0 Å². The molecule has 5 aromatic rings. The summed E-state index contributed by atoms with van der Waals surface area (Å²) in [7, 11) is 0. The molecule has 0 amide bonds. The lowest BCUT2D eigenvalue weighted by Crippen LogP contribution is -2.49. The van der Waals surface area contributed by atoms with E-state index in [-0.39, 0.29) is 0 Å². The Morgan fingerprint density at radius 3 is 1.74 bits per heavy atom. The van der Waals surface area contributed by atoms with Crippen LogP contribution >= 0.6 is 11.8 Å². The Kier molecular flexibility index (Phi) is 9.59. The van der Waals surface area contributed by atoms with Gasteiger partial charge in [0.2, 0.25) is 0 Å². The third kappa shape index (κ3) is 6.53. The number of nitrogens with zero attached hydrogens (tertiary/aromatic N) is 3. The molecule has 1 fully saturated rings. The van der Waals surface area contributed by atoms with Crippen molar-refractivity contribution in [3.8, 4) is 0 Å². The minimum atomic E-state index is -0.720. The van der Waals surface area contributed by atoms with Crippen molar-refractivity contribution in [2.24, 2.45) is 4.99 Å². The highest BCUT2D eigenvalue weighted by atomic mass is 32.2. The normalized spacial score (nSPS) is 15.0. The fourth-order valence-electron chi connectivity index (χ4n) is 6.41. The topological polar surface area (TPSA) is 37.3 Å². The molecule has 0 saturated carbocycles. The average Bonchev–Trinajstić information content (AvgIpc) is 3.30. The molecule has 2 aliphatic rings. The molecule has 1 saturated heterocycles. The number of aliphatic imine (C=N–C) groups is 1. The van der Waals surface area contributed by atoms with Crippen molar-refractivity contribution in [3.63, 3.8) is 0 Å². The van der Waals surface area contributed by atoms with Gasteiger partial charge in [0.05, 0.1) is 25.5 Å². The molecule has 232 valence electrons. The number of hydrogen-bond donors (Lipinski definition) is 0. The zero-order chi connectivity index (χ0) is 31.0. The molecule has 0 bridgehead atoms. The molecule has 0 unspecified atom stereocenters. The van der Waals surface area contributed by atoms with Crippen LogP contribution in [-0.2, 0) is 15.1 Å². The summed E-state index contributed by atoms with van der Waals surface area (Å²) >= 11 is 1.81. The molecular weight excluding hydrogens is 587 g/mol. The van der Waals surface area contributed by atoms with Crippen LogP contribution in [0.5, 0.6) is 0 Å². The first-order valence-electron chi connectivity index (χ1n) is 16.1. The molecule has 5 nitrogen and oxygen atoms in total. The van der Waals surface area contributed by atoms with E-state index in [1.807, 2.05) is 30.0 Å². The summed E-state index contributed by atoms with van der Waals surface area (Å²) in [6.07, 6.45) is 0. The molecule has 0 spiro atoms. The van der Waals surface area contributed by atoms with Gasteiger partial charge in [0.1, 0.15) is 11.4 Å². The highest BCUT2D eigenvalue weighted by Crippen LogP contribution is 2.41. The quantitative estimate of drug-likeness (QED) is 0.117. The molecule has 46 heavy (non-hydrogen) atoms. The number of fused-ring (bicyclic) bond motifs is 2. The smallest absolute Gasteiger partial charge is 0.143 e. The van der Waals surface area contributed by atoms with Crippen LogP contribution in [0, 0.1) is 0 Å². The van der Waals surface area contributed by atoms with Gasteiger partial charge in [-0.1, -0.05) is 133 Å². The molecule has 0 aliphatic carbocycles. The number of ether oxygens (including phenoxy) is 2. The van der Waals surface area contributed by atoms with Crippen LogP contribution in [0.25, 0.3) is 0 Å². The molecule has 2 aliphatic heterocycles. The monoisotopic (exact) mass is 625 g/mol. The van der Waals surface area contributed by atoms with Crippen LogP contribution < -0.4 is 0 Å². The van der Waals surface area contributed by atoms with Crippen molar-refractivity contribution in [1.82, 2.24) is 9.80 Å². The Balaban J connectivity index is 0.957. The number of rotatable bonds is 10. The number of piperazine rings is 1. The van der Waals surface area contributed by atoms with Crippen molar-refractivity contribution in [3.05, 3.63) is 162 Å². The van der Waals surface area contributed by atoms with E-state index >= 15 is 0 Å². The first kappa shape index (κ1) is 30.5. The van der Waals surface area contributed by atoms with Gasteiger partial charge in [0.25, 0.3) is 0 Å². The lowest BCUT2D eigenvalue weighted by molar-refractivity contribution is -0.0270. The molecule has 0 N–H and O–H groups in total. The molecule has 0 aromatic heterocycles. The van der Waals surface area contributed by atoms with E-state index in [1.54, 1.807) is 0 Å². The molecule has 2 heterocycles. The fraction of sp³-hybridized carbons (Fsp3) is 0.225. The van der Waals surface area contributed by atoms with E-state index in [4.69, 9.17) is 14.5 Å². The largest absolute Gasteiger partial charge is 0.378 e. The predicted octanol–water partition coefficient (Wildman–Crippen LogP) is 7.87. The van der Waals surface area contributed by atoms with Crippen molar-refractivity contribution in [2.45, 2.75) is 15.4 Å². The van der Waals surface area contributed by atoms with Crippen LogP contribution in [0.1, 0.15) is 22.3 Å². The minimum absolute atomic E-state index is 0.477. The Hall–Kier alpha value is -4.20. The standard InChI is InChI=1S/C40H39N3O2S/c1-4-14-32(15-5-1)40(33-16-6-2-7-17-33,34-18-8-3-9-19-34)45-31-30-44-29-28-42-24-26-43(27-25-42)39-35-20-10-12-22-37(35)46-38-23-13-11-21-36(38)41-39/h1-23H,24-31H2. The summed E-state index contributed by atoms with van der Waals surface area (Å²) in [4.78, 5) is 12.6. The third-order valence-electron chi connectivity index (χ3n) is 8.75. The number of para-hydroxylation sites is 1. The molecule has 5 aromatic carbocycles. The summed E-state index contributed by atoms with van der Waals surface area (Å²) in [6.45, 7) is 6.42. The van der Waals surface area contributed by atoms with Crippen LogP contribution in [0.4, 0.5) is 5.69 Å². The van der Waals surface area contributed by atoms with Crippen LogP contribution in [-0.4, -0.2) is 68.2 Å². The van der Waals surface area contributed by atoms with Gasteiger partial charge in [-0.05, 0) is 34.9 Å². The van der Waals surface area contributed by atoms with Crippen molar-refractivity contribution in [2.75, 3.05) is 52.5 Å². The average molecular weight is 626 g/mol. The summed E-state index contributed by atoms with van der Waals surface area (Å²) in [5.74, 6) is 1.08. The van der Waals surface area contributed by atoms with Crippen molar-refractivity contribution in [1.29, 1.82) is 0 Å². The van der Waals surface area contributed by atoms with Gasteiger partial charge in [0, 0.05) is 48.1 Å². The molecular formula is C40H39N3O2S. The number of hydrogen-bond acceptors (Lipinski definition) is 6. The highest BCUT2D eigenvalue weighted by molar-refractivity contribution is 7.99. The zero-order valence-electron chi connectivity index (χ0n) is 26.0.